The van der Waals surface area contributed by atoms with Gasteiger partial charge in [0.05, 0.1) is 16.6 Å². The molecule has 0 saturated heterocycles. The highest BCUT2D eigenvalue weighted by atomic mass is 32.1. The molecule has 0 spiro atoms. The van der Waals surface area contributed by atoms with Crippen molar-refractivity contribution in [2.45, 2.75) is 19.9 Å². The summed E-state index contributed by atoms with van der Waals surface area (Å²) in [5, 5.41) is 3.69. The highest BCUT2D eigenvalue weighted by Gasteiger charge is 2.20. The predicted octanol–water partition coefficient (Wildman–Crippen LogP) is 2.67. The average molecular weight is 302 g/mol. The zero-order valence-corrected chi connectivity index (χ0v) is 12.4. The van der Waals surface area contributed by atoms with Crippen molar-refractivity contribution in [3.63, 3.8) is 0 Å². The van der Waals surface area contributed by atoms with Gasteiger partial charge in [-0.15, -0.1) is 11.3 Å². The number of nitrogens with zero attached hydrogens (tertiary/aromatic N) is 2. The molecule has 1 atom stereocenters. The van der Waals surface area contributed by atoms with Crippen molar-refractivity contribution in [3.8, 4) is 0 Å². The molecule has 0 aliphatic rings. The zero-order valence-electron chi connectivity index (χ0n) is 11.6. The molecule has 6 nitrogen and oxygen atoms in total. The van der Waals surface area contributed by atoms with Crippen molar-refractivity contribution in [1.29, 1.82) is 0 Å². The monoisotopic (exact) mass is 302 g/mol. The van der Waals surface area contributed by atoms with Gasteiger partial charge in [0.2, 0.25) is 5.89 Å². The van der Waals surface area contributed by atoms with Crippen molar-refractivity contribution >= 4 is 33.0 Å². The molecule has 108 valence electrons. The fourth-order valence-electron chi connectivity index (χ4n) is 2.04. The zero-order chi connectivity index (χ0) is 15.0. The van der Waals surface area contributed by atoms with Crippen LogP contribution >= 0.6 is 11.3 Å². The number of thiophene rings is 1. The van der Waals surface area contributed by atoms with Crippen LogP contribution in [0.1, 0.15) is 34.3 Å². The topological polar surface area (TPSA) is 94.0 Å². The number of carbonyl (C=O) groups excluding carboxylic acids is 1. The standard InChI is InChI=1S/C14H14N4O2S/c1-7-5-17-14(20-7)8(2)18-13(19)12-11(15)9-3-4-16-6-10(9)21-12/h3-6,8H,15H2,1-2H3,(H,18,19). The van der Waals surface area contributed by atoms with Gasteiger partial charge in [-0.1, -0.05) is 0 Å². The number of rotatable bonds is 3. The molecule has 0 bridgehead atoms. The maximum absolute atomic E-state index is 12.4. The van der Waals surface area contributed by atoms with Crippen molar-refractivity contribution in [3.05, 3.63) is 41.2 Å². The van der Waals surface area contributed by atoms with Crippen LogP contribution in [0.2, 0.25) is 0 Å². The van der Waals surface area contributed by atoms with Crippen LogP contribution in [0.5, 0.6) is 0 Å². The van der Waals surface area contributed by atoms with Crippen LogP contribution in [-0.2, 0) is 0 Å². The van der Waals surface area contributed by atoms with Crippen LogP contribution in [-0.4, -0.2) is 15.9 Å². The Bertz CT molecular complexity index is 808. The molecule has 0 radical (unpaired) electrons. The minimum atomic E-state index is -0.325. The highest BCUT2D eigenvalue weighted by molar-refractivity contribution is 7.21. The van der Waals surface area contributed by atoms with Crippen molar-refractivity contribution in [2.75, 3.05) is 5.73 Å². The Morgan fingerprint density at radius 2 is 2.29 bits per heavy atom. The van der Waals surface area contributed by atoms with E-state index in [1.54, 1.807) is 24.7 Å². The summed E-state index contributed by atoms with van der Waals surface area (Å²) in [5.74, 6) is 0.942. The minimum absolute atomic E-state index is 0.239. The Kier molecular flexibility index (Phi) is 3.34. The summed E-state index contributed by atoms with van der Waals surface area (Å²) in [4.78, 5) is 21.0. The van der Waals surface area contributed by atoms with Gasteiger partial charge in [0.25, 0.3) is 5.91 Å². The first-order chi connectivity index (χ1) is 10.1. The smallest absolute Gasteiger partial charge is 0.264 e. The number of nitrogens with two attached hydrogens (primary N) is 1. The molecule has 0 saturated carbocycles. The van der Waals surface area contributed by atoms with E-state index >= 15 is 0 Å². The molecule has 3 rings (SSSR count). The number of anilines is 1. The summed E-state index contributed by atoms with van der Waals surface area (Å²) in [6.07, 6.45) is 4.98. The number of amides is 1. The Hall–Kier alpha value is -2.41. The third-order valence-electron chi connectivity index (χ3n) is 3.09. The first kappa shape index (κ1) is 13.6. The number of hydrogen-bond donors (Lipinski definition) is 2. The van der Waals surface area contributed by atoms with Gasteiger partial charge in [-0.25, -0.2) is 4.98 Å². The van der Waals surface area contributed by atoms with E-state index in [-0.39, 0.29) is 11.9 Å². The van der Waals surface area contributed by atoms with Crippen molar-refractivity contribution in [2.24, 2.45) is 0 Å². The van der Waals surface area contributed by atoms with E-state index in [2.05, 4.69) is 15.3 Å². The largest absolute Gasteiger partial charge is 0.444 e. The number of aromatic nitrogens is 2. The van der Waals surface area contributed by atoms with E-state index in [9.17, 15) is 4.79 Å². The summed E-state index contributed by atoms with van der Waals surface area (Å²) >= 11 is 1.32. The fourth-order valence-corrected chi connectivity index (χ4v) is 3.03. The van der Waals surface area contributed by atoms with Crippen LogP contribution in [0.4, 0.5) is 5.69 Å². The maximum Gasteiger partial charge on any atom is 0.264 e. The Morgan fingerprint density at radius 1 is 1.48 bits per heavy atom. The lowest BCUT2D eigenvalue weighted by Crippen LogP contribution is -2.26. The van der Waals surface area contributed by atoms with E-state index in [1.165, 1.54) is 11.3 Å². The second kappa shape index (κ2) is 5.17. The Labute approximate surface area is 125 Å². The van der Waals surface area contributed by atoms with E-state index in [0.717, 1.165) is 10.1 Å². The second-order valence-electron chi connectivity index (χ2n) is 4.72. The number of oxazole rings is 1. The van der Waals surface area contributed by atoms with Gasteiger partial charge in [-0.2, -0.15) is 0 Å². The first-order valence-electron chi connectivity index (χ1n) is 6.41. The number of hydrogen-bond acceptors (Lipinski definition) is 6. The molecule has 0 aromatic carbocycles. The first-order valence-corrected chi connectivity index (χ1v) is 7.23. The summed E-state index contributed by atoms with van der Waals surface area (Å²) in [5.41, 5.74) is 6.52. The highest BCUT2D eigenvalue weighted by Crippen LogP contribution is 2.33. The average Bonchev–Trinajstić information content (AvgIpc) is 3.04. The number of fused-ring (bicyclic) bond motifs is 1. The lowest BCUT2D eigenvalue weighted by atomic mass is 10.2. The number of aryl methyl sites for hydroxylation is 1. The number of nitrogens with one attached hydrogen (secondary N) is 1. The molecule has 0 aliphatic carbocycles. The normalized spacial score (nSPS) is 12.5. The molecule has 0 aliphatic heterocycles. The third-order valence-corrected chi connectivity index (χ3v) is 4.25. The molecule has 3 heterocycles. The number of carbonyl (C=O) groups is 1. The number of nitrogen functional groups attached to an aromatic ring is 1. The fraction of sp³-hybridized carbons (Fsp3) is 0.214. The quantitative estimate of drug-likeness (QED) is 0.775. The van der Waals surface area contributed by atoms with Gasteiger partial charge in [0.1, 0.15) is 16.7 Å². The lowest BCUT2D eigenvalue weighted by Gasteiger charge is -2.09. The van der Waals surface area contributed by atoms with Gasteiger partial charge in [-0.05, 0) is 19.9 Å². The number of pyridine rings is 1. The maximum atomic E-state index is 12.4. The molecule has 7 heteroatoms. The Balaban J connectivity index is 1.85. The third kappa shape index (κ3) is 2.47. The van der Waals surface area contributed by atoms with Crippen molar-refractivity contribution < 1.29 is 9.21 Å². The molecule has 3 aromatic rings. The summed E-state index contributed by atoms with van der Waals surface area (Å²) in [7, 11) is 0. The van der Waals surface area contributed by atoms with Crippen molar-refractivity contribution in [1.82, 2.24) is 15.3 Å². The van der Waals surface area contributed by atoms with E-state index in [1.807, 2.05) is 13.8 Å². The minimum Gasteiger partial charge on any atom is -0.444 e. The summed E-state index contributed by atoms with van der Waals surface area (Å²) in [6.45, 7) is 3.62. The second-order valence-corrected chi connectivity index (χ2v) is 5.77. The summed E-state index contributed by atoms with van der Waals surface area (Å²) in [6, 6.07) is 1.48. The van der Waals surface area contributed by atoms with Crippen LogP contribution in [0, 0.1) is 6.92 Å². The van der Waals surface area contributed by atoms with Crippen LogP contribution in [0.15, 0.2) is 29.1 Å². The molecule has 0 fully saturated rings. The lowest BCUT2D eigenvalue weighted by molar-refractivity contribution is 0.0939. The van der Waals surface area contributed by atoms with Crippen LogP contribution in [0.3, 0.4) is 0 Å². The molecular weight excluding hydrogens is 288 g/mol. The SMILES string of the molecule is Cc1cnc(C(C)NC(=O)c2sc3cnccc3c2N)o1. The molecule has 1 unspecified atom stereocenters. The van der Waals surface area contributed by atoms with E-state index in [0.29, 0.717) is 22.2 Å². The van der Waals surface area contributed by atoms with Gasteiger partial charge >= 0.3 is 0 Å². The Morgan fingerprint density at radius 3 is 2.95 bits per heavy atom. The summed E-state index contributed by atoms with van der Waals surface area (Å²) < 4.78 is 6.30. The van der Waals surface area contributed by atoms with Gasteiger partial charge in [0, 0.05) is 17.8 Å². The molecule has 3 aromatic heterocycles. The van der Waals surface area contributed by atoms with Crippen LogP contribution < -0.4 is 11.1 Å². The van der Waals surface area contributed by atoms with E-state index < -0.39 is 0 Å². The molecule has 1 amide bonds. The van der Waals surface area contributed by atoms with Gasteiger partial charge in [-0.3, -0.25) is 9.78 Å². The van der Waals surface area contributed by atoms with Gasteiger partial charge in [0.15, 0.2) is 0 Å². The van der Waals surface area contributed by atoms with E-state index in [4.69, 9.17) is 10.2 Å². The molecule has 21 heavy (non-hydrogen) atoms. The van der Waals surface area contributed by atoms with Crippen LogP contribution in [0.25, 0.3) is 10.1 Å². The molecular formula is C14H14N4O2S. The predicted molar refractivity (Wildman–Crippen MR) is 81.2 cm³/mol. The van der Waals surface area contributed by atoms with Gasteiger partial charge < -0.3 is 15.5 Å². The molecule has 3 N–H and O–H groups in total.